The first-order valence-electron chi connectivity index (χ1n) is 7.34. The molecule has 3 aromatic rings. The smallest absolute Gasteiger partial charge is 0.269 e. The first-order valence-corrected chi connectivity index (χ1v) is 7.34. The summed E-state index contributed by atoms with van der Waals surface area (Å²) in [5, 5.41) is 14.0. The van der Waals surface area contributed by atoms with E-state index < -0.39 is 0 Å². The Morgan fingerprint density at radius 3 is 2.91 bits per heavy atom. The number of rotatable bonds is 5. The molecule has 23 heavy (non-hydrogen) atoms. The second-order valence-corrected chi connectivity index (χ2v) is 5.60. The summed E-state index contributed by atoms with van der Waals surface area (Å²) in [5.41, 5.74) is 1.99. The van der Waals surface area contributed by atoms with Gasteiger partial charge in [0.25, 0.3) is 5.91 Å². The summed E-state index contributed by atoms with van der Waals surface area (Å²) in [7, 11) is 3.77. The van der Waals surface area contributed by atoms with Crippen molar-refractivity contribution in [1.29, 1.82) is 0 Å². The van der Waals surface area contributed by atoms with Crippen LogP contribution >= 0.6 is 0 Å². The summed E-state index contributed by atoms with van der Waals surface area (Å²) in [6, 6.07) is 1.69. The third-order valence-electron chi connectivity index (χ3n) is 3.61. The van der Waals surface area contributed by atoms with Gasteiger partial charge in [-0.25, -0.2) is 4.98 Å². The fraction of sp³-hybridized carbons (Fsp3) is 0.333. The first-order chi connectivity index (χ1) is 11.0. The number of carbonyl (C=O) groups excluding carboxylic acids is 1. The number of aromatic amines is 1. The molecule has 0 aromatic carbocycles. The number of H-pyrrole nitrogens is 1. The molecule has 1 atom stereocenters. The van der Waals surface area contributed by atoms with Gasteiger partial charge < -0.3 is 9.88 Å². The molecule has 8 nitrogen and oxygen atoms in total. The zero-order valence-corrected chi connectivity index (χ0v) is 13.3. The van der Waals surface area contributed by atoms with Crippen LogP contribution in [0.3, 0.4) is 0 Å². The van der Waals surface area contributed by atoms with Crippen LogP contribution in [0.2, 0.25) is 0 Å². The van der Waals surface area contributed by atoms with Gasteiger partial charge in [0.2, 0.25) is 0 Å². The molecule has 2 N–H and O–H groups in total. The minimum Gasteiger partial charge on any atom is -0.348 e. The van der Waals surface area contributed by atoms with Crippen LogP contribution in [-0.2, 0) is 20.5 Å². The lowest BCUT2D eigenvalue weighted by Gasteiger charge is -2.12. The van der Waals surface area contributed by atoms with Gasteiger partial charge in [-0.2, -0.15) is 10.2 Å². The lowest BCUT2D eigenvalue weighted by atomic mass is 10.2. The molecular formula is C15H19N7O. The zero-order chi connectivity index (χ0) is 16.4. The van der Waals surface area contributed by atoms with E-state index in [4.69, 9.17) is 0 Å². The molecule has 120 valence electrons. The van der Waals surface area contributed by atoms with Crippen molar-refractivity contribution >= 4 is 5.91 Å². The van der Waals surface area contributed by atoms with E-state index in [1.54, 1.807) is 23.1 Å². The molecule has 0 saturated heterocycles. The molecule has 0 aliphatic carbocycles. The lowest BCUT2D eigenvalue weighted by Crippen LogP contribution is -2.34. The van der Waals surface area contributed by atoms with Crippen LogP contribution in [0.15, 0.2) is 30.9 Å². The predicted octanol–water partition coefficient (Wildman–Crippen LogP) is 0.905. The Kier molecular flexibility index (Phi) is 3.96. The largest absolute Gasteiger partial charge is 0.348 e. The SMILES string of the molecule is CC(Cc1nccn1C)NC(=O)c1cc(-c2cnn(C)c2)n[nH]1. The van der Waals surface area contributed by atoms with Crippen LogP contribution in [0.1, 0.15) is 23.2 Å². The highest BCUT2D eigenvalue weighted by Gasteiger charge is 2.15. The number of hydrogen-bond donors (Lipinski definition) is 2. The molecule has 0 fully saturated rings. The first kappa shape index (κ1) is 15.0. The van der Waals surface area contributed by atoms with E-state index >= 15 is 0 Å². The Morgan fingerprint density at radius 2 is 2.26 bits per heavy atom. The summed E-state index contributed by atoms with van der Waals surface area (Å²) < 4.78 is 3.64. The van der Waals surface area contributed by atoms with E-state index in [-0.39, 0.29) is 11.9 Å². The van der Waals surface area contributed by atoms with Gasteiger partial charge in [-0.15, -0.1) is 0 Å². The fourth-order valence-electron chi connectivity index (χ4n) is 2.36. The standard InChI is InChI=1S/C15H19N7O/c1-10(6-14-16-4-5-21(14)2)18-15(23)13-7-12(19-20-13)11-8-17-22(3)9-11/h4-5,7-10H,6H2,1-3H3,(H,18,23)(H,19,20). The number of nitrogens with one attached hydrogen (secondary N) is 2. The van der Waals surface area contributed by atoms with Crippen LogP contribution < -0.4 is 5.32 Å². The van der Waals surface area contributed by atoms with E-state index in [1.807, 2.05) is 38.0 Å². The third-order valence-corrected chi connectivity index (χ3v) is 3.61. The van der Waals surface area contributed by atoms with E-state index in [0.29, 0.717) is 17.8 Å². The van der Waals surface area contributed by atoms with Crippen LogP contribution in [0.5, 0.6) is 0 Å². The molecule has 0 saturated carbocycles. The maximum Gasteiger partial charge on any atom is 0.269 e. The van der Waals surface area contributed by atoms with Crippen molar-refractivity contribution in [3.8, 4) is 11.3 Å². The Hall–Kier alpha value is -2.90. The molecule has 0 radical (unpaired) electrons. The Bertz CT molecular complexity index is 813. The molecule has 3 rings (SSSR count). The highest BCUT2D eigenvalue weighted by Crippen LogP contribution is 2.16. The number of aryl methyl sites for hydroxylation is 2. The molecule has 0 bridgehead atoms. The van der Waals surface area contributed by atoms with E-state index in [2.05, 4.69) is 25.6 Å². The zero-order valence-electron chi connectivity index (χ0n) is 13.3. The van der Waals surface area contributed by atoms with Crippen molar-refractivity contribution in [2.75, 3.05) is 0 Å². The van der Waals surface area contributed by atoms with Crippen LogP contribution in [0.25, 0.3) is 11.3 Å². The lowest BCUT2D eigenvalue weighted by molar-refractivity contribution is 0.0934. The summed E-state index contributed by atoms with van der Waals surface area (Å²) in [6.45, 7) is 1.95. The average molecular weight is 313 g/mol. The highest BCUT2D eigenvalue weighted by molar-refractivity contribution is 5.93. The topological polar surface area (TPSA) is 93.4 Å². The minimum absolute atomic E-state index is 0.0336. The Labute approximate surface area is 133 Å². The molecule has 0 spiro atoms. The van der Waals surface area contributed by atoms with E-state index in [1.165, 1.54) is 0 Å². The minimum atomic E-state index is -0.186. The van der Waals surface area contributed by atoms with Gasteiger partial charge in [0.1, 0.15) is 11.5 Å². The van der Waals surface area contributed by atoms with Crippen LogP contribution in [0, 0.1) is 0 Å². The Balaban J connectivity index is 1.64. The summed E-state index contributed by atoms with van der Waals surface area (Å²) in [5.74, 6) is 0.743. The monoisotopic (exact) mass is 313 g/mol. The van der Waals surface area contributed by atoms with Crippen molar-refractivity contribution in [1.82, 2.24) is 34.8 Å². The quantitative estimate of drug-likeness (QED) is 0.732. The Morgan fingerprint density at radius 1 is 1.43 bits per heavy atom. The third kappa shape index (κ3) is 3.31. The van der Waals surface area contributed by atoms with Gasteiger partial charge in [-0.1, -0.05) is 0 Å². The van der Waals surface area contributed by atoms with Gasteiger partial charge in [-0.05, 0) is 13.0 Å². The second-order valence-electron chi connectivity index (χ2n) is 5.60. The summed E-state index contributed by atoms with van der Waals surface area (Å²) >= 11 is 0. The molecule has 1 unspecified atom stereocenters. The van der Waals surface area contributed by atoms with Gasteiger partial charge >= 0.3 is 0 Å². The molecule has 0 aliphatic rings. The van der Waals surface area contributed by atoms with Crippen molar-refractivity contribution in [3.63, 3.8) is 0 Å². The van der Waals surface area contributed by atoms with Crippen molar-refractivity contribution in [2.24, 2.45) is 14.1 Å². The van der Waals surface area contributed by atoms with E-state index in [9.17, 15) is 4.79 Å². The van der Waals surface area contributed by atoms with Crippen LogP contribution in [-0.4, -0.2) is 41.5 Å². The van der Waals surface area contributed by atoms with Gasteiger partial charge in [0.05, 0.1) is 11.9 Å². The summed E-state index contributed by atoms with van der Waals surface area (Å²) in [6.07, 6.45) is 7.86. The fourth-order valence-corrected chi connectivity index (χ4v) is 2.36. The highest BCUT2D eigenvalue weighted by atomic mass is 16.2. The number of amides is 1. The van der Waals surface area contributed by atoms with Crippen LogP contribution in [0.4, 0.5) is 0 Å². The van der Waals surface area contributed by atoms with Crippen molar-refractivity contribution in [3.05, 3.63) is 42.4 Å². The maximum absolute atomic E-state index is 12.3. The summed E-state index contributed by atoms with van der Waals surface area (Å²) in [4.78, 5) is 16.6. The maximum atomic E-state index is 12.3. The number of nitrogens with zero attached hydrogens (tertiary/aromatic N) is 5. The molecule has 3 aromatic heterocycles. The molecular weight excluding hydrogens is 294 g/mol. The van der Waals surface area contributed by atoms with Gasteiger partial charge in [-0.3, -0.25) is 14.6 Å². The normalized spacial score (nSPS) is 12.3. The van der Waals surface area contributed by atoms with Gasteiger partial charge in [0.15, 0.2) is 0 Å². The van der Waals surface area contributed by atoms with E-state index in [0.717, 1.165) is 11.4 Å². The predicted molar refractivity (Wildman–Crippen MR) is 84.6 cm³/mol. The number of carbonyl (C=O) groups is 1. The second kappa shape index (κ2) is 6.07. The average Bonchev–Trinajstić information content (AvgIpc) is 3.21. The number of aromatic nitrogens is 6. The number of hydrogen-bond acceptors (Lipinski definition) is 4. The molecule has 3 heterocycles. The van der Waals surface area contributed by atoms with Crippen molar-refractivity contribution in [2.45, 2.75) is 19.4 Å². The molecule has 8 heteroatoms. The molecule has 1 amide bonds. The number of imidazole rings is 1. The van der Waals surface area contributed by atoms with Gasteiger partial charge in [0, 0.05) is 50.7 Å². The van der Waals surface area contributed by atoms with Crippen molar-refractivity contribution < 1.29 is 4.79 Å². The molecule has 0 aliphatic heterocycles.